The van der Waals surface area contributed by atoms with E-state index in [9.17, 15) is 14.9 Å². The van der Waals surface area contributed by atoms with Gasteiger partial charge in [-0.3, -0.25) is 14.9 Å². The van der Waals surface area contributed by atoms with Crippen LogP contribution in [0, 0.1) is 23.0 Å². The van der Waals surface area contributed by atoms with E-state index in [1.54, 1.807) is 12.1 Å². The summed E-state index contributed by atoms with van der Waals surface area (Å²) in [6, 6.07) is 5.04. The van der Waals surface area contributed by atoms with Crippen molar-refractivity contribution in [2.24, 2.45) is 5.92 Å². The molecular weight excluding hydrogens is 308 g/mol. The van der Waals surface area contributed by atoms with Crippen LogP contribution in [0.5, 0.6) is 5.75 Å². The number of hydrogen-bond acceptors (Lipinski definition) is 4. The third kappa shape index (κ3) is 3.52. The molecule has 0 radical (unpaired) electrons. The highest BCUT2D eigenvalue weighted by Gasteiger charge is 2.35. The number of nitro benzene ring substituents is 1. The third-order valence-corrected chi connectivity index (χ3v) is 5.23. The van der Waals surface area contributed by atoms with Gasteiger partial charge in [0.05, 0.1) is 4.92 Å². The van der Waals surface area contributed by atoms with E-state index in [1.807, 2.05) is 11.8 Å². The van der Waals surface area contributed by atoms with E-state index in [1.165, 1.54) is 31.7 Å². The Morgan fingerprint density at radius 3 is 2.83 bits per heavy atom. The molecule has 1 heterocycles. The number of carbonyl (C=O) groups excluding carboxylic acids is 1. The van der Waals surface area contributed by atoms with Crippen LogP contribution in [0.1, 0.15) is 44.1 Å². The summed E-state index contributed by atoms with van der Waals surface area (Å²) in [7, 11) is 0. The fraction of sp³-hybridized carbons (Fsp3) is 0.611. The Morgan fingerprint density at radius 2 is 2.04 bits per heavy atom. The number of amides is 1. The van der Waals surface area contributed by atoms with E-state index in [0.717, 1.165) is 24.9 Å². The van der Waals surface area contributed by atoms with E-state index in [4.69, 9.17) is 4.74 Å². The maximum Gasteiger partial charge on any atom is 0.310 e. The number of nitrogens with zero attached hydrogens (tertiary/aromatic N) is 2. The van der Waals surface area contributed by atoms with E-state index in [0.29, 0.717) is 12.0 Å². The maximum atomic E-state index is 12.6. The van der Waals surface area contributed by atoms with Crippen LogP contribution in [0.15, 0.2) is 18.2 Å². The number of benzene rings is 1. The summed E-state index contributed by atoms with van der Waals surface area (Å²) >= 11 is 0. The van der Waals surface area contributed by atoms with Gasteiger partial charge in [0.2, 0.25) is 0 Å². The van der Waals surface area contributed by atoms with E-state index < -0.39 is 4.92 Å². The van der Waals surface area contributed by atoms with Gasteiger partial charge in [-0.15, -0.1) is 0 Å². The summed E-state index contributed by atoms with van der Waals surface area (Å²) in [4.78, 5) is 25.2. The van der Waals surface area contributed by atoms with Crippen molar-refractivity contribution in [2.75, 3.05) is 13.2 Å². The van der Waals surface area contributed by atoms with E-state index in [-0.39, 0.29) is 24.0 Å². The lowest BCUT2D eigenvalue weighted by atomic mass is 9.78. The molecule has 6 nitrogen and oxygen atoms in total. The number of fused-ring (bicyclic) bond motifs is 1. The Bertz CT molecular complexity index is 629. The van der Waals surface area contributed by atoms with Crippen LogP contribution in [0.25, 0.3) is 0 Å². The standard InChI is InChI=1S/C18H24N2O4/c1-13-8-9-16(20(22)23)17(11-13)24-12-18(21)19-10-4-6-14-5-2-3-7-15(14)19/h8-9,11,14-15H,2-7,10,12H2,1H3. The van der Waals surface area contributed by atoms with Crippen molar-refractivity contribution >= 4 is 11.6 Å². The number of aryl methyl sites for hydroxylation is 1. The fourth-order valence-corrected chi connectivity index (χ4v) is 4.04. The van der Waals surface area contributed by atoms with Gasteiger partial charge in [0.25, 0.3) is 5.91 Å². The number of ether oxygens (including phenoxy) is 1. The maximum absolute atomic E-state index is 12.6. The van der Waals surface area contributed by atoms with Crippen LogP contribution < -0.4 is 4.74 Å². The van der Waals surface area contributed by atoms with Crippen molar-refractivity contribution in [1.29, 1.82) is 0 Å². The first-order valence-corrected chi connectivity index (χ1v) is 8.73. The second-order valence-electron chi connectivity index (χ2n) is 6.86. The van der Waals surface area contributed by atoms with Gasteiger partial charge in [-0.25, -0.2) is 0 Å². The van der Waals surface area contributed by atoms with Gasteiger partial charge in [-0.05, 0) is 50.2 Å². The number of nitro groups is 1. The van der Waals surface area contributed by atoms with Crippen LogP contribution in [0.4, 0.5) is 5.69 Å². The molecule has 0 spiro atoms. The smallest absolute Gasteiger partial charge is 0.310 e. The number of hydrogen-bond donors (Lipinski definition) is 0. The molecule has 1 amide bonds. The molecule has 1 saturated heterocycles. The molecule has 24 heavy (non-hydrogen) atoms. The molecule has 0 aromatic heterocycles. The Balaban J connectivity index is 1.67. The van der Waals surface area contributed by atoms with Crippen molar-refractivity contribution < 1.29 is 14.5 Å². The normalized spacial score (nSPS) is 23.5. The molecule has 0 bridgehead atoms. The molecule has 1 aliphatic heterocycles. The predicted octanol–water partition coefficient (Wildman–Crippen LogP) is 3.46. The lowest BCUT2D eigenvalue weighted by molar-refractivity contribution is -0.385. The summed E-state index contributed by atoms with van der Waals surface area (Å²) in [5.41, 5.74) is 0.774. The van der Waals surface area contributed by atoms with Crippen molar-refractivity contribution in [2.45, 2.75) is 51.5 Å². The average molecular weight is 332 g/mol. The average Bonchev–Trinajstić information content (AvgIpc) is 2.59. The molecule has 3 rings (SSSR count). The van der Waals surface area contributed by atoms with E-state index in [2.05, 4.69) is 0 Å². The van der Waals surface area contributed by atoms with Crippen LogP contribution in [0.2, 0.25) is 0 Å². The highest BCUT2D eigenvalue weighted by Crippen LogP contribution is 2.35. The first-order chi connectivity index (χ1) is 11.6. The van der Waals surface area contributed by atoms with Crippen molar-refractivity contribution in [3.8, 4) is 5.75 Å². The molecule has 1 aromatic carbocycles. The fourth-order valence-electron chi connectivity index (χ4n) is 4.04. The van der Waals surface area contributed by atoms with Crippen LogP contribution in [-0.2, 0) is 4.79 Å². The zero-order valence-electron chi connectivity index (χ0n) is 14.1. The molecule has 2 aliphatic rings. The zero-order valence-corrected chi connectivity index (χ0v) is 14.1. The molecule has 1 aliphatic carbocycles. The van der Waals surface area contributed by atoms with Gasteiger partial charge < -0.3 is 9.64 Å². The lowest BCUT2D eigenvalue weighted by Crippen LogP contribution is -2.51. The number of carbonyl (C=O) groups is 1. The SMILES string of the molecule is Cc1ccc([N+](=O)[O-])c(OCC(=O)N2CCCC3CCCCC32)c1. The first kappa shape index (κ1) is 16.7. The molecule has 2 unspecified atom stereocenters. The van der Waals surface area contributed by atoms with Gasteiger partial charge in [0.1, 0.15) is 0 Å². The van der Waals surface area contributed by atoms with Gasteiger partial charge in [-0.2, -0.15) is 0 Å². The van der Waals surface area contributed by atoms with Gasteiger partial charge >= 0.3 is 5.69 Å². The van der Waals surface area contributed by atoms with E-state index >= 15 is 0 Å². The highest BCUT2D eigenvalue weighted by molar-refractivity contribution is 5.78. The molecule has 2 fully saturated rings. The molecule has 1 aromatic rings. The number of piperidine rings is 1. The van der Waals surface area contributed by atoms with Crippen molar-refractivity contribution in [3.05, 3.63) is 33.9 Å². The van der Waals surface area contributed by atoms with Gasteiger partial charge in [-0.1, -0.05) is 18.9 Å². The minimum Gasteiger partial charge on any atom is -0.477 e. The van der Waals surface area contributed by atoms with Crippen LogP contribution in [-0.4, -0.2) is 34.9 Å². The molecule has 6 heteroatoms. The van der Waals surface area contributed by atoms with Crippen molar-refractivity contribution in [1.82, 2.24) is 4.90 Å². The summed E-state index contributed by atoms with van der Waals surface area (Å²) in [5, 5.41) is 11.1. The molecule has 0 N–H and O–H groups in total. The largest absolute Gasteiger partial charge is 0.477 e. The lowest BCUT2D eigenvalue weighted by Gasteiger charge is -2.44. The number of likely N-dealkylation sites (tertiary alicyclic amines) is 1. The molecule has 1 saturated carbocycles. The van der Waals surface area contributed by atoms with Gasteiger partial charge in [0.15, 0.2) is 12.4 Å². The highest BCUT2D eigenvalue weighted by atomic mass is 16.6. The monoisotopic (exact) mass is 332 g/mol. The predicted molar refractivity (Wildman–Crippen MR) is 90.0 cm³/mol. The molecular formula is C18H24N2O4. The minimum atomic E-state index is -0.475. The molecule has 2 atom stereocenters. The van der Waals surface area contributed by atoms with Crippen LogP contribution >= 0.6 is 0 Å². The Kier molecular flexibility index (Phi) is 5.02. The Labute approximate surface area is 141 Å². The van der Waals surface area contributed by atoms with Crippen molar-refractivity contribution in [3.63, 3.8) is 0 Å². The minimum absolute atomic E-state index is 0.0533. The number of rotatable bonds is 4. The zero-order chi connectivity index (χ0) is 17.1. The quantitative estimate of drug-likeness (QED) is 0.625. The second kappa shape index (κ2) is 7.20. The second-order valence-corrected chi connectivity index (χ2v) is 6.86. The summed E-state index contributed by atoms with van der Waals surface area (Å²) in [6.07, 6.45) is 6.96. The topological polar surface area (TPSA) is 72.7 Å². The summed E-state index contributed by atoms with van der Waals surface area (Å²) in [5.74, 6) is 0.734. The Hall–Kier alpha value is -2.11. The summed E-state index contributed by atoms with van der Waals surface area (Å²) in [6.45, 7) is 2.49. The van der Waals surface area contributed by atoms with Gasteiger partial charge in [0, 0.05) is 18.7 Å². The van der Waals surface area contributed by atoms with Crippen LogP contribution in [0.3, 0.4) is 0 Å². The Morgan fingerprint density at radius 1 is 1.29 bits per heavy atom. The summed E-state index contributed by atoms with van der Waals surface area (Å²) < 4.78 is 5.54. The molecule has 130 valence electrons. The third-order valence-electron chi connectivity index (χ3n) is 5.23. The first-order valence-electron chi connectivity index (χ1n) is 8.73.